The van der Waals surface area contributed by atoms with Crippen molar-refractivity contribution in [2.75, 3.05) is 0 Å². The Morgan fingerprint density at radius 2 is 1.59 bits per heavy atom. The second kappa shape index (κ2) is 5.68. The van der Waals surface area contributed by atoms with E-state index in [-0.39, 0.29) is 6.10 Å². The van der Waals surface area contributed by atoms with Crippen LogP contribution >= 0.6 is 0 Å². The Kier molecular flexibility index (Phi) is 4.76. The van der Waals surface area contributed by atoms with Crippen molar-refractivity contribution < 1.29 is 28.2 Å². The fraction of sp³-hybridized carbons (Fsp3) is 0.900. The largest absolute Gasteiger partial charge is 0.490 e. The number of alkyl halides is 3. The van der Waals surface area contributed by atoms with Gasteiger partial charge in [-0.05, 0) is 25.7 Å². The number of piperidine rings is 2. The lowest BCUT2D eigenvalue weighted by Gasteiger charge is -2.38. The Balaban J connectivity index is 0.000000185. The second-order valence-corrected chi connectivity index (χ2v) is 4.42. The molecular weight excluding hydrogens is 239 g/mol. The lowest BCUT2D eigenvalue weighted by atomic mass is 9.85. The van der Waals surface area contributed by atoms with Crippen molar-refractivity contribution in [1.29, 1.82) is 0 Å². The molecule has 3 N–H and O–H groups in total. The zero-order valence-corrected chi connectivity index (χ0v) is 9.20. The number of carboxylic acid groups (broad SMARTS) is 1. The first-order chi connectivity index (χ1) is 7.79. The SMILES string of the molecule is O=C(O)C(F)(F)F.OC1CC2CCCC(C1)N2. The van der Waals surface area contributed by atoms with Gasteiger partial charge in [0.25, 0.3) is 0 Å². The van der Waals surface area contributed by atoms with Crippen LogP contribution in [0.1, 0.15) is 32.1 Å². The maximum atomic E-state index is 10.6. The van der Waals surface area contributed by atoms with Crippen LogP contribution in [0.25, 0.3) is 0 Å². The van der Waals surface area contributed by atoms with Gasteiger partial charge in [-0.1, -0.05) is 6.42 Å². The maximum Gasteiger partial charge on any atom is 0.490 e. The van der Waals surface area contributed by atoms with Crippen molar-refractivity contribution in [2.24, 2.45) is 0 Å². The molecule has 2 unspecified atom stereocenters. The first-order valence-electron chi connectivity index (χ1n) is 5.53. The Bertz CT molecular complexity index is 254. The monoisotopic (exact) mass is 255 g/mol. The highest BCUT2D eigenvalue weighted by Crippen LogP contribution is 2.25. The summed E-state index contributed by atoms with van der Waals surface area (Å²) in [5, 5.41) is 20.0. The third kappa shape index (κ3) is 4.91. The number of aliphatic carboxylic acids is 1. The predicted octanol–water partition coefficient (Wildman–Crippen LogP) is 1.29. The minimum Gasteiger partial charge on any atom is -0.475 e. The summed E-state index contributed by atoms with van der Waals surface area (Å²) in [5.74, 6) is -2.76. The van der Waals surface area contributed by atoms with E-state index in [9.17, 15) is 18.3 Å². The fourth-order valence-corrected chi connectivity index (χ4v) is 2.24. The molecule has 0 aromatic heterocycles. The van der Waals surface area contributed by atoms with Crippen LogP contribution in [0.2, 0.25) is 0 Å². The maximum absolute atomic E-state index is 10.6. The Hall–Kier alpha value is -0.820. The summed E-state index contributed by atoms with van der Waals surface area (Å²) in [6.45, 7) is 0. The minimum atomic E-state index is -5.08. The van der Waals surface area contributed by atoms with Gasteiger partial charge in [0.2, 0.25) is 0 Å². The van der Waals surface area contributed by atoms with E-state index in [0.29, 0.717) is 12.1 Å². The van der Waals surface area contributed by atoms with Gasteiger partial charge in [0.1, 0.15) is 0 Å². The molecule has 7 heteroatoms. The molecule has 2 saturated heterocycles. The predicted molar refractivity (Wildman–Crippen MR) is 53.5 cm³/mol. The Labute approximate surface area is 96.8 Å². The number of aliphatic hydroxyl groups is 1. The minimum absolute atomic E-state index is 0.0171. The molecule has 2 rings (SSSR count). The number of carbonyl (C=O) groups is 1. The molecule has 0 aromatic carbocycles. The zero-order chi connectivity index (χ0) is 13.1. The average molecular weight is 255 g/mol. The molecule has 2 aliphatic heterocycles. The van der Waals surface area contributed by atoms with Gasteiger partial charge in [0.05, 0.1) is 6.10 Å². The topological polar surface area (TPSA) is 69.6 Å². The molecule has 0 aliphatic carbocycles. The van der Waals surface area contributed by atoms with Crippen molar-refractivity contribution in [3.8, 4) is 0 Å². The van der Waals surface area contributed by atoms with E-state index in [1.54, 1.807) is 0 Å². The van der Waals surface area contributed by atoms with Gasteiger partial charge in [0.15, 0.2) is 0 Å². The molecule has 4 nitrogen and oxygen atoms in total. The van der Waals surface area contributed by atoms with Crippen LogP contribution in [0.4, 0.5) is 13.2 Å². The number of halogens is 3. The summed E-state index contributed by atoms with van der Waals surface area (Å²) in [4.78, 5) is 8.90. The smallest absolute Gasteiger partial charge is 0.475 e. The standard InChI is InChI=1S/C8H15NO.C2HF3O2/c10-8-4-6-2-1-3-7(5-8)9-6;3-2(4,5)1(6)7/h6-10H,1-5H2;(H,6,7). The third-order valence-electron chi connectivity index (χ3n) is 2.93. The van der Waals surface area contributed by atoms with Gasteiger partial charge in [-0.2, -0.15) is 13.2 Å². The molecule has 2 fully saturated rings. The van der Waals surface area contributed by atoms with Crippen LogP contribution in [0.15, 0.2) is 0 Å². The molecule has 0 saturated carbocycles. The van der Waals surface area contributed by atoms with Crippen molar-refractivity contribution in [1.82, 2.24) is 5.32 Å². The van der Waals surface area contributed by atoms with Crippen LogP contribution in [0.5, 0.6) is 0 Å². The normalized spacial score (nSPS) is 32.4. The van der Waals surface area contributed by atoms with Gasteiger partial charge < -0.3 is 15.5 Å². The number of fused-ring (bicyclic) bond motifs is 2. The Morgan fingerprint density at radius 1 is 1.18 bits per heavy atom. The lowest BCUT2D eigenvalue weighted by molar-refractivity contribution is -0.192. The quantitative estimate of drug-likeness (QED) is 0.610. The fourth-order valence-electron chi connectivity index (χ4n) is 2.24. The van der Waals surface area contributed by atoms with E-state index in [0.717, 1.165) is 12.8 Å². The summed E-state index contributed by atoms with van der Waals surface area (Å²) in [6, 6.07) is 1.25. The molecule has 2 aliphatic rings. The van der Waals surface area contributed by atoms with Crippen molar-refractivity contribution >= 4 is 5.97 Å². The number of hydrogen-bond acceptors (Lipinski definition) is 3. The zero-order valence-electron chi connectivity index (χ0n) is 9.20. The molecule has 17 heavy (non-hydrogen) atoms. The van der Waals surface area contributed by atoms with Gasteiger partial charge in [-0.15, -0.1) is 0 Å². The van der Waals surface area contributed by atoms with Crippen molar-refractivity contribution in [3.63, 3.8) is 0 Å². The van der Waals surface area contributed by atoms with Crippen LogP contribution in [0.3, 0.4) is 0 Å². The first kappa shape index (κ1) is 14.2. The van der Waals surface area contributed by atoms with Crippen LogP contribution in [-0.4, -0.2) is 40.5 Å². The van der Waals surface area contributed by atoms with E-state index >= 15 is 0 Å². The van der Waals surface area contributed by atoms with Crippen molar-refractivity contribution in [3.05, 3.63) is 0 Å². The first-order valence-corrected chi connectivity index (χ1v) is 5.53. The summed E-state index contributed by atoms with van der Waals surface area (Å²) in [7, 11) is 0. The summed E-state index contributed by atoms with van der Waals surface area (Å²) >= 11 is 0. The molecule has 2 atom stereocenters. The number of nitrogens with one attached hydrogen (secondary N) is 1. The van der Waals surface area contributed by atoms with Crippen LogP contribution < -0.4 is 5.32 Å². The van der Waals surface area contributed by atoms with E-state index in [2.05, 4.69) is 5.32 Å². The van der Waals surface area contributed by atoms with E-state index in [4.69, 9.17) is 9.90 Å². The van der Waals surface area contributed by atoms with E-state index in [1.807, 2.05) is 0 Å². The molecule has 0 radical (unpaired) electrons. The van der Waals surface area contributed by atoms with E-state index in [1.165, 1.54) is 19.3 Å². The highest BCUT2D eigenvalue weighted by molar-refractivity contribution is 5.73. The highest BCUT2D eigenvalue weighted by atomic mass is 19.4. The highest BCUT2D eigenvalue weighted by Gasteiger charge is 2.38. The van der Waals surface area contributed by atoms with Gasteiger partial charge in [-0.25, -0.2) is 4.79 Å². The molecule has 2 bridgehead atoms. The molecule has 0 amide bonds. The number of carboxylic acids is 1. The van der Waals surface area contributed by atoms with Crippen LogP contribution in [0, 0.1) is 0 Å². The number of hydrogen-bond donors (Lipinski definition) is 3. The number of aliphatic hydroxyl groups excluding tert-OH is 1. The third-order valence-corrected chi connectivity index (χ3v) is 2.93. The molecule has 2 heterocycles. The molecule has 0 spiro atoms. The Morgan fingerprint density at radius 3 is 1.94 bits per heavy atom. The van der Waals surface area contributed by atoms with Crippen molar-refractivity contribution in [2.45, 2.75) is 56.5 Å². The summed E-state index contributed by atoms with van der Waals surface area (Å²) < 4.78 is 31.7. The average Bonchev–Trinajstić information content (AvgIpc) is 2.15. The van der Waals surface area contributed by atoms with Gasteiger partial charge in [0, 0.05) is 12.1 Å². The van der Waals surface area contributed by atoms with E-state index < -0.39 is 12.1 Å². The van der Waals surface area contributed by atoms with Crippen LogP contribution in [-0.2, 0) is 4.79 Å². The number of rotatable bonds is 0. The van der Waals surface area contributed by atoms with Gasteiger partial charge in [-0.3, -0.25) is 0 Å². The lowest BCUT2D eigenvalue weighted by Crippen LogP contribution is -2.50. The summed E-state index contributed by atoms with van der Waals surface area (Å²) in [6.07, 6.45) is 0.764. The molecule has 0 aromatic rings. The molecular formula is C10H16F3NO3. The second-order valence-electron chi connectivity index (χ2n) is 4.42. The molecule has 100 valence electrons. The summed E-state index contributed by atoms with van der Waals surface area (Å²) in [5.41, 5.74) is 0. The van der Waals surface area contributed by atoms with Gasteiger partial charge >= 0.3 is 12.1 Å².